The fourth-order valence-corrected chi connectivity index (χ4v) is 1.69. The van der Waals surface area contributed by atoms with Crippen molar-refractivity contribution in [3.8, 4) is 0 Å². The second-order valence-electron chi connectivity index (χ2n) is 4.03. The van der Waals surface area contributed by atoms with Crippen LogP contribution < -0.4 is 5.32 Å². The molecular weight excluding hydrogens is 226 g/mol. The summed E-state index contributed by atoms with van der Waals surface area (Å²) >= 11 is 0. The van der Waals surface area contributed by atoms with Gasteiger partial charge in [0.1, 0.15) is 6.04 Å². The van der Waals surface area contributed by atoms with Gasteiger partial charge in [-0.3, -0.25) is 4.79 Å². The zero-order valence-electron chi connectivity index (χ0n) is 10.9. The Morgan fingerprint density at radius 3 is 2.78 bits per heavy atom. The second-order valence-corrected chi connectivity index (χ2v) is 4.03. The number of carbonyl (C=O) groups excluding carboxylic acids is 1. The van der Waals surface area contributed by atoms with Crippen molar-refractivity contribution in [3.63, 3.8) is 0 Å². The maximum absolute atomic E-state index is 11.8. The third-order valence-electron chi connectivity index (χ3n) is 2.59. The summed E-state index contributed by atoms with van der Waals surface area (Å²) < 4.78 is 5.08. The molecule has 18 heavy (non-hydrogen) atoms. The highest BCUT2D eigenvalue weighted by atomic mass is 16.5. The van der Waals surface area contributed by atoms with Crippen LogP contribution in [0.1, 0.15) is 18.9 Å². The molecule has 0 aliphatic heterocycles. The van der Waals surface area contributed by atoms with Gasteiger partial charge >= 0.3 is 5.97 Å². The molecule has 0 heterocycles. The van der Waals surface area contributed by atoms with E-state index in [0.29, 0.717) is 13.0 Å². The second kappa shape index (κ2) is 8.48. The third-order valence-corrected chi connectivity index (χ3v) is 2.59. The molecule has 1 unspecified atom stereocenters. The van der Waals surface area contributed by atoms with Gasteiger partial charge < -0.3 is 10.1 Å². The molecule has 0 aliphatic rings. The summed E-state index contributed by atoms with van der Waals surface area (Å²) in [6.07, 6.45) is 3.32. The first-order valence-corrected chi connectivity index (χ1v) is 6.32. The molecule has 0 radical (unpaired) electrons. The summed E-state index contributed by atoms with van der Waals surface area (Å²) in [6.45, 7) is 6.63. The van der Waals surface area contributed by atoms with Crippen LogP contribution in [0.2, 0.25) is 0 Å². The third kappa shape index (κ3) is 5.15. The normalized spacial score (nSPS) is 11.8. The van der Waals surface area contributed by atoms with Crippen molar-refractivity contribution in [2.75, 3.05) is 13.2 Å². The molecule has 1 aromatic carbocycles. The molecule has 1 atom stereocenters. The van der Waals surface area contributed by atoms with E-state index < -0.39 is 0 Å². The highest BCUT2D eigenvalue weighted by molar-refractivity contribution is 5.76. The van der Waals surface area contributed by atoms with E-state index in [2.05, 4.69) is 11.9 Å². The molecule has 0 aromatic heterocycles. The van der Waals surface area contributed by atoms with Gasteiger partial charge in [-0.25, -0.2) is 0 Å². The van der Waals surface area contributed by atoms with E-state index in [1.54, 1.807) is 0 Å². The van der Waals surface area contributed by atoms with Crippen LogP contribution >= 0.6 is 0 Å². The number of benzene rings is 1. The molecule has 0 fully saturated rings. The molecule has 3 nitrogen and oxygen atoms in total. The summed E-state index contributed by atoms with van der Waals surface area (Å²) in [5.41, 5.74) is 1.13. The van der Waals surface area contributed by atoms with Crippen LogP contribution in [0, 0.1) is 0 Å². The van der Waals surface area contributed by atoms with Crippen molar-refractivity contribution in [1.29, 1.82) is 0 Å². The minimum Gasteiger partial charge on any atom is -0.465 e. The maximum atomic E-state index is 11.8. The summed E-state index contributed by atoms with van der Waals surface area (Å²) in [5.74, 6) is -0.189. The van der Waals surface area contributed by atoms with Gasteiger partial charge in [-0.05, 0) is 31.9 Å². The minimum absolute atomic E-state index is 0.189. The quantitative estimate of drug-likeness (QED) is 0.435. The molecule has 0 bridgehead atoms. The van der Waals surface area contributed by atoms with Gasteiger partial charge in [-0.1, -0.05) is 36.4 Å². The highest BCUT2D eigenvalue weighted by Crippen LogP contribution is 2.05. The molecule has 1 N–H and O–H groups in total. The standard InChI is InChI=1S/C15H21NO2/c1-3-5-11-16-14(15(17)18-4-2)12-13-9-7-6-8-10-13/h3,6-10,14,16H,1,4-5,11-12H2,2H3. The summed E-state index contributed by atoms with van der Waals surface area (Å²) in [5, 5.41) is 3.21. The van der Waals surface area contributed by atoms with Gasteiger partial charge in [0.15, 0.2) is 0 Å². The zero-order chi connectivity index (χ0) is 13.2. The van der Waals surface area contributed by atoms with Gasteiger partial charge in [-0.15, -0.1) is 6.58 Å². The van der Waals surface area contributed by atoms with Crippen LogP contribution in [0.5, 0.6) is 0 Å². The summed E-state index contributed by atoms with van der Waals surface area (Å²) in [4.78, 5) is 11.8. The van der Waals surface area contributed by atoms with Crippen molar-refractivity contribution in [1.82, 2.24) is 5.32 Å². The van der Waals surface area contributed by atoms with Gasteiger partial charge in [0.05, 0.1) is 6.61 Å². The Labute approximate surface area is 109 Å². The van der Waals surface area contributed by atoms with Gasteiger partial charge in [0, 0.05) is 0 Å². The molecule has 0 aliphatic carbocycles. The number of carbonyl (C=O) groups is 1. The van der Waals surface area contributed by atoms with Crippen molar-refractivity contribution < 1.29 is 9.53 Å². The molecular formula is C15H21NO2. The van der Waals surface area contributed by atoms with Crippen molar-refractivity contribution in [2.24, 2.45) is 0 Å². The Morgan fingerprint density at radius 2 is 2.17 bits per heavy atom. The van der Waals surface area contributed by atoms with Crippen LogP contribution in [-0.4, -0.2) is 25.2 Å². The van der Waals surface area contributed by atoms with Crippen molar-refractivity contribution in [3.05, 3.63) is 48.6 Å². The SMILES string of the molecule is C=CCCNC(Cc1ccccc1)C(=O)OCC. The monoisotopic (exact) mass is 247 g/mol. The molecule has 98 valence electrons. The predicted molar refractivity (Wildman–Crippen MR) is 73.4 cm³/mol. The number of ether oxygens (including phenoxy) is 1. The lowest BCUT2D eigenvalue weighted by atomic mass is 10.1. The molecule has 1 aromatic rings. The van der Waals surface area contributed by atoms with Gasteiger partial charge in [0.2, 0.25) is 0 Å². The van der Waals surface area contributed by atoms with Crippen LogP contribution in [0.4, 0.5) is 0 Å². The van der Waals surface area contributed by atoms with Crippen LogP contribution in [0.3, 0.4) is 0 Å². The van der Waals surface area contributed by atoms with E-state index in [9.17, 15) is 4.79 Å². The lowest BCUT2D eigenvalue weighted by Gasteiger charge is -2.17. The maximum Gasteiger partial charge on any atom is 0.323 e. The molecule has 0 amide bonds. The smallest absolute Gasteiger partial charge is 0.323 e. The topological polar surface area (TPSA) is 38.3 Å². The van der Waals surface area contributed by atoms with Crippen LogP contribution in [0.15, 0.2) is 43.0 Å². The Morgan fingerprint density at radius 1 is 1.44 bits per heavy atom. The number of rotatable bonds is 8. The first-order chi connectivity index (χ1) is 8.77. The summed E-state index contributed by atoms with van der Waals surface area (Å²) in [6, 6.07) is 9.66. The number of hydrogen-bond donors (Lipinski definition) is 1. The molecule has 3 heteroatoms. The summed E-state index contributed by atoms with van der Waals surface area (Å²) in [7, 11) is 0. The van der Waals surface area contributed by atoms with E-state index in [-0.39, 0.29) is 12.0 Å². The average molecular weight is 247 g/mol. The predicted octanol–water partition coefficient (Wildman–Crippen LogP) is 2.33. The molecule has 0 spiro atoms. The molecule has 0 saturated heterocycles. The first-order valence-electron chi connectivity index (χ1n) is 6.32. The zero-order valence-corrected chi connectivity index (χ0v) is 10.9. The number of nitrogens with one attached hydrogen (secondary N) is 1. The Balaban J connectivity index is 2.58. The van der Waals surface area contributed by atoms with E-state index in [0.717, 1.165) is 18.5 Å². The van der Waals surface area contributed by atoms with Gasteiger partial charge in [0.25, 0.3) is 0 Å². The number of esters is 1. The minimum atomic E-state index is -0.285. The van der Waals surface area contributed by atoms with E-state index in [1.807, 2.05) is 43.3 Å². The van der Waals surface area contributed by atoms with E-state index in [4.69, 9.17) is 4.74 Å². The Hall–Kier alpha value is -1.61. The Kier molecular flexibility index (Phi) is 6.81. The lowest BCUT2D eigenvalue weighted by Crippen LogP contribution is -2.40. The van der Waals surface area contributed by atoms with E-state index in [1.165, 1.54) is 0 Å². The van der Waals surface area contributed by atoms with E-state index >= 15 is 0 Å². The van der Waals surface area contributed by atoms with Crippen molar-refractivity contribution >= 4 is 5.97 Å². The largest absolute Gasteiger partial charge is 0.465 e. The number of hydrogen-bond acceptors (Lipinski definition) is 3. The van der Waals surface area contributed by atoms with Gasteiger partial charge in [-0.2, -0.15) is 0 Å². The van der Waals surface area contributed by atoms with Crippen LogP contribution in [-0.2, 0) is 16.0 Å². The Bertz CT molecular complexity index is 362. The lowest BCUT2D eigenvalue weighted by molar-refractivity contribution is -0.145. The fraction of sp³-hybridized carbons (Fsp3) is 0.400. The molecule has 1 rings (SSSR count). The first kappa shape index (κ1) is 14.5. The fourth-order valence-electron chi connectivity index (χ4n) is 1.69. The van der Waals surface area contributed by atoms with Crippen molar-refractivity contribution in [2.45, 2.75) is 25.8 Å². The van der Waals surface area contributed by atoms with Crippen LogP contribution in [0.25, 0.3) is 0 Å². The molecule has 0 saturated carbocycles. The highest BCUT2D eigenvalue weighted by Gasteiger charge is 2.18. The average Bonchev–Trinajstić information content (AvgIpc) is 2.39.